The van der Waals surface area contributed by atoms with Gasteiger partial charge in [-0.25, -0.2) is 4.98 Å². The molecule has 0 atom stereocenters. The van der Waals surface area contributed by atoms with E-state index in [4.69, 9.17) is 5.73 Å². The first-order valence-electron chi connectivity index (χ1n) is 7.46. The zero-order chi connectivity index (χ0) is 15.6. The fourth-order valence-electron chi connectivity index (χ4n) is 2.64. The van der Waals surface area contributed by atoms with E-state index >= 15 is 0 Å². The van der Waals surface area contributed by atoms with Crippen LogP contribution in [0.4, 0.5) is 28.8 Å². The van der Waals surface area contributed by atoms with Crippen LogP contribution in [0.1, 0.15) is 11.1 Å². The molecular formula is C17H16N6. The van der Waals surface area contributed by atoms with E-state index in [0.717, 1.165) is 46.8 Å². The van der Waals surface area contributed by atoms with E-state index in [2.05, 4.69) is 37.7 Å². The van der Waals surface area contributed by atoms with E-state index < -0.39 is 0 Å². The molecule has 1 aliphatic heterocycles. The fraction of sp³-hybridized carbons (Fsp3) is 0.118. The predicted molar refractivity (Wildman–Crippen MR) is 91.1 cm³/mol. The maximum Gasteiger partial charge on any atom is 0.229 e. The lowest BCUT2D eigenvalue weighted by Crippen LogP contribution is -2.01. The van der Waals surface area contributed by atoms with Crippen LogP contribution in [0.15, 0.2) is 48.9 Å². The third kappa shape index (κ3) is 2.91. The van der Waals surface area contributed by atoms with Crippen molar-refractivity contribution in [3.63, 3.8) is 0 Å². The molecule has 0 aliphatic carbocycles. The zero-order valence-electron chi connectivity index (χ0n) is 12.5. The second-order valence-corrected chi connectivity index (χ2v) is 5.51. The van der Waals surface area contributed by atoms with E-state index in [1.165, 1.54) is 0 Å². The summed E-state index contributed by atoms with van der Waals surface area (Å²) in [7, 11) is 0. The van der Waals surface area contributed by atoms with Crippen LogP contribution in [0.5, 0.6) is 0 Å². The standard InChI is InChI=1S/C17H16N6/c18-15-4-3-13-8-12(15)2-1-11-7-14(10-19-9-11)22-17-20-6-5-16(21-13)23-17/h3-10H,1-2,18H2,(H2,20,21,22,23). The maximum absolute atomic E-state index is 6.11. The lowest BCUT2D eigenvalue weighted by Gasteiger charge is -2.10. The molecule has 114 valence electrons. The summed E-state index contributed by atoms with van der Waals surface area (Å²) < 4.78 is 0. The third-order valence-corrected chi connectivity index (χ3v) is 3.80. The summed E-state index contributed by atoms with van der Waals surface area (Å²) in [6.07, 6.45) is 7.08. The third-order valence-electron chi connectivity index (χ3n) is 3.80. The normalized spacial score (nSPS) is 12.9. The second kappa shape index (κ2) is 5.57. The lowest BCUT2D eigenvalue weighted by atomic mass is 10.0. The number of hydrogen-bond donors (Lipinski definition) is 3. The van der Waals surface area contributed by atoms with Gasteiger partial charge in [0.15, 0.2) is 0 Å². The van der Waals surface area contributed by atoms with Gasteiger partial charge in [-0.15, -0.1) is 0 Å². The van der Waals surface area contributed by atoms with Crippen LogP contribution < -0.4 is 16.4 Å². The Kier molecular flexibility index (Phi) is 3.27. The van der Waals surface area contributed by atoms with E-state index in [9.17, 15) is 0 Å². The highest BCUT2D eigenvalue weighted by atomic mass is 15.1. The molecule has 2 aromatic heterocycles. The number of nitrogens with zero attached hydrogens (tertiary/aromatic N) is 3. The number of aryl methyl sites for hydroxylation is 2. The smallest absolute Gasteiger partial charge is 0.229 e. The molecule has 0 unspecified atom stereocenters. The van der Waals surface area contributed by atoms with Crippen LogP contribution >= 0.6 is 0 Å². The average molecular weight is 304 g/mol. The molecule has 0 saturated heterocycles. The quantitative estimate of drug-likeness (QED) is 0.553. The largest absolute Gasteiger partial charge is 0.399 e. The molecule has 4 N–H and O–H groups in total. The number of hydrogen-bond acceptors (Lipinski definition) is 6. The summed E-state index contributed by atoms with van der Waals surface area (Å²) in [6.45, 7) is 0. The van der Waals surface area contributed by atoms with Crippen molar-refractivity contribution in [1.82, 2.24) is 15.0 Å². The number of anilines is 5. The number of benzene rings is 1. The highest BCUT2D eigenvalue weighted by Gasteiger charge is 2.07. The van der Waals surface area contributed by atoms with Gasteiger partial charge in [-0.1, -0.05) is 0 Å². The van der Waals surface area contributed by atoms with Gasteiger partial charge in [0.1, 0.15) is 5.82 Å². The Morgan fingerprint density at radius 1 is 0.957 bits per heavy atom. The number of nitrogens with one attached hydrogen (secondary N) is 2. The molecular weight excluding hydrogens is 288 g/mol. The number of rotatable bonds is 0. The lowest BCUT2D eigenvalue weighted by molar-refractivity contribution is 0.953. The SMILES string of the molecule is Nc1ccc2cc1CCc1cncc(c1)Nc1nccc(n1)N2. The van der Waals surface area contributed by atoms with Gasteiger partial charge >= 0.3 is 0 Å². The van der Waals surface area contributed by atoms with Gasteiger partial charge in [0, 0.05) is 23.8 Å². The minimum atomic E-state index is 0.531. The minimum absolute atomic E-state index is 0.531. The molecule has 6 bridgehead atoms. The second-order valence-electron chi connectivity index (χ2n) is 5.51. The van der Waals surface area contributed by atoms with Gasteiger partial charge in [0.25, 0.3) is 0 Å². The highest BCUT2D eigenvalue weighted by molar-refractivity contribution is 5.64. The number of nitrogens with two attached hydrogens (primary N) is 1. The van der Waals surface area contributed by atoms with Crippen molar-refractivity contribution in [2.75, 3.05) is 16.4 Å². The number of pyridine rings is 1. The molecule has 0 fully saturated rings. The molecule has 0 radical (unpaired) electrons. The van der Waals surface area contributed by atoms with Crippen molar-refractivity contribution >= 4 is 28.8 Å². The highest BCUT2D eigenvalue weighted by Crippen LogP contribution is 2.24. The van der Waals surface area contributed by atoms with Crippen LogP contribution in [0.3, 0.4) is 0 Å². The molecule has 1 aliphatic rings. The van der Waals surface area contributed by atoms with Crippen molar-refractivity contribution in [3.8, 4) is 0 Å². The van der Waals surface area contributed by atoms with Gasteiger partial charge in [0.05, 0.1) is 11.9 Å². The number of nitrogen functional groups attached to an aromatic ring is 1. The summed E-state index contributed by atoms with van der Waals surface area (Å²) in [5.74, 6) is 1.26. The average Bonchev–Trinajstić information content (AvgIpc) is 2.56. The summed E-state index contributed by atoms with van der Waals surface area (Å²) in [5.41, 5.74) is 11.0. The van der Waals surface area contributed by atoms with Crippen molar-refractivity contribution in [3.05, 3.63) is 60.0 Å². The van der Waals surface area contributed by atoms with Crippen LogP contribution in [0, 0.1) is 0 Å². The monoisotopic (exact) mass is 304 g/mol. The predicted octanol–water partition coefficient (Wildman–Crippen LogP) is 3.04. The fourth-order valence-corrected chi connectivity index (χ4v) is 2.64. The van der Waals surface area contributed by atoms with E-state index in [-0.39, 0.29) is 0 Å². The van der Waals surface area contributed by atoms with E-state index in [1.54, 1.807) is 12.4 Å². The Morgan fingerprint density at radius 2 is 1.91 bits per heavy atom. The van der Waals surface area contributed by atoms with Gasteiger partial charge in [0.2, 0.25) is 5.95 Å². The van der Waals surface area contributed by atoms with Gasteiger partial charge in [-0.2, -0.15) is 4.98 Å². The molecule has 0 spiro atoms. The molecule has 4 rings (SSSR count). The molecule has 6 heteroatoms. The van der Waals surface area contributed by atoms with E-state index in [0.29, 0.717) is 5.95 Å². The van der Waals surface area contributed by atoms with Gasteiger partial charge < -0.3 is 16.4 Å². The molecule has 3 aromatic rings. The summed E-state index contributed by atoms with van der Waals surface area (Å²) in [5, 5.41) is 6.49. The minimum Gasteiger partial charge on any atom is -0.399 e. The molecule has 6 nitrogen and oxygen atoms in total. The Hall–Kier alpha value is -3.15. The molecule has 0 amide bonds. The molecule has 23 heavy (non-hydrogen) atoms. The summed E-state index contributed by atoms with van der Waals surface area (Å²) in [4.78, 5) is 13.0. The Bertz CT molecular complexity index is 861. The zero-order valence-corrected chi connectivity index (χ0v) is 12.5. The van der Waals surface area contributed by atoms with Crippen molar-refractivity contribution < 1.29 is 0 Å². The van der Waals surface area contributed by atoms with Gasteiger partial charge in [-0.3, -0.25) is 4.98 Å². The first-order valence-corrected chi connectivity index (χ1v) is 7.46. The maximum atomic E-state index is 6.11. The number of aromatic nitrogens is 3. The Balaban J connectivity index is 1.82. The molecule has 1 aromatic carbocycles. The van der Waals surface area contributed by atoms with Crippen molar-refractivity contribution in [1.29, 1.82) is 0 Å². The first kappa shape index (κ1) is 13.5. The molecule has 3 heterocycles. The van der Waals surface area contributed by atoms with Crippen LogP contribution in [-0.4, -0.2) is 15.0 Å². The summed E-state index contributed by atoms with van der Waals surface area (Å²) >= 11 is 0. The van der Waals surface area contributed by atoms with Crippen LogP contribution in [0.25, 0.3) is 0 Å². The summed E-state index contributed by atoms with van der Waals surface area (Å²) in [6, 6.07) is 9.84. The molecule has 0 saturated carbocycles. The number of fused-ring (bicyclic) bond motifs is 6. The Labute approximate surface area is 133 Å². The van der Waals surface area contributed by atoms with Crippen LogP contribution in [0.2, 0.25) is 0 Å². The van der Waals surface area contributed by atoms with Gasteiger partial charge in [-0.05, 0) is 54.3 Å². The topological polar surface area (TPSA) is 88.8 Å². The van der Waals surface area contributed by atoms with Crippen LogP contribution in [-0.2, 0) is 12.8 Å². The first-order chi connectivity index (χ1) is 11.3. The van der Waals surface area contributed by atoms with Crippen molar-refractivity contribution in [2.24, 2.45) is 0 Å². The van der Waals surface area contributed by atoms with E-state index in [1.807, 2.05) is 24.4 Å². The Morgan fingerprint density at radius 3 is 2.87 bits per heavy atom. The van der Waals surface area contributed by atoms with Crippen molar-refractivity contribution in [2.45, 2.75) is 12.8 Å².